The molecule has 0 spiro atoms. The molecule has 0 saturated heterocycles. The van der Waals surface area contributed by atoms with Gasteiger partial charge in [0.05, 0.1) is 11.0 Å². The Labute approximate surface area is 107 Å². The van der Waals surface area contributed by atoms with E-state index in [1.165, 1.54) is 6.07 Å². The zero-order valence-electron chi connectivity index (χ0n) is 10.8. The lowest BCUT2D eigenvalue weighted by Crippen LogP contribution is -2.27. The van der Waals surface area contributed by atoms with Gasteiger partial charge in [0.1, 0.15) is 0 Å². The van der Waals surface area contributed by atoms with Crippen LogP contribution in [0.4, 0.5) is 5.69 Å². The molecule has 0 radical (unpaired) electrons. The van der Waals surface area contributed by atoms with Gasteiger partial charge in [0, 0.05) is 24.7 Å². The largest absolute Gasteiger partial charge is 0.392 e. The van der Waals surface area contributed by atoms with Gasteiger partial charge in [-0.05, 0) is 12.3 Å². The van der Waals surface area contributed by atoms with Crippen LogP contribution in [0.5, 0.6) is 0 Å². The summed E-state index contributed by atoms with van der Waals surface area (Å²) in [4.78, 5) is 10.4. The summed E-state index contributed by atoms with van der Waals surface area (Å²) in [6, 6.07) is 6.63. The first-order valence-corrected chi connectivity index (χ1v) is 6.11. The van der Waals surface area contributed by atoms with E-state index in [1.807, 2.05) is 13.8 Å². The van der Waals surface area contributed by atoms with Crippen LogP contribution in [-0.2, 0) is 6.54 Å². The van der Waals surface area contributed by atoms with Crippen molar-refractivity contribution in [2.75, 3.05) is 6.54 Å². The second-order valence-corrected chi connectivity index (χ2v) is 4.80. The van der Waals surface area contributed by atoms with E-state index < -0.39 is 6.10 Å². The van der Waals surface area contributed by atoms with Gasteiger partial charge in [0.15, 0.2) is 0 Å². The number of nitrogens with zero attached hydrogens (tertiary/aromatic N) is 1. The Morgan fingerprint density at radius 2 is 2.06 bits per heavy atom. The number of rotatable bonds is 7. The maximum Gasteiger partial charge on any atom is 0.273 e. The van der Waals surface area contributed by atoms with Crippen LogP contribution in [0.25, 0.3) is 0 Å². The van der Waals surface area contributed by atoms with Crippen molar-refractivity contribution in [2.45, 2.75) is 32.9 Å². The molecule has 1 atom stereocenters. The van der Waals surface area contributed by atoms with Crippen molar-refractivity contribution < 1.29 is 10.0 Å². The third-order valence-corrected chi connectivity index (χ3v) is 2.63. The normalized spacial score (nSPS) is 12.7. The van der Waals surface area contributed by atoms with E-state index in [-0.39, 0.29) is 10.6 Å². The fraction of sp³-hybridized carbons (Fsp3) is 0.538. The van der Waals surface area contributed by atoms with Gasteiger partial charge in [-0.15, -0.1) is 0 Å². The SMILES string of the molecule is CC(C)CC(O)CNCc1ccccc1[N+](=O)[O-]. The number of hydrogen-bond acceptors (Lipinski definition) is 4. The molecule has 1 rings (SSSR count). The van der Waals surface area contributed by atoms with E-state index >= 15 is 0 Å². The summed E-state index contributed by atoms with van der Waals surface area (Å²) in [7, 11) is 0. The van der Waals surface area contributed by atoms with Crippen LogP contribution in [0.1, 0.15) is 25.8 Å². The van der Waals surface area contributed by atoms with E-state index in [9.17, 15) is 15.2 Å². The number of aliphatic hydroxyl groups excluding tert-OH is 1. The molecule has 1 aromatic carbocycles. The van der Waals surface area contributed by atoms with Crippen molar-refractivity contribution in [3.05, 3.63) is 39.9 Å². The number of hydrogen-bond donors (Lipinski definition) is 2. The van der Waals surface area contributed by atoms with Gasteiger partial charge in [-0.2, -0.15) is 0 Å². The molecule has 0 bridgehead atoms. The lowest BCUT2D eigenvalue weighted by atomic mass is 10.1. The minimum Gasteiger partial charge on any atom is -0.392 e. The summed E-state index contributed by atoms with van der Waals surface area (Å²) in [5.74, 6) is 0.438. The molecule has 0 aliphatic carbocycles. The van der Waals surface area contributed by atoms with Crippen LogP contribution in [0, 0.1) is 16.0 Å². The van der Waals surface area contributed by atoms with Crippen LogP contribution < -0.4 is 5.32 Å². The molecule has 0 aromatic heterocycles. The first kappa shape index (κ1) is 14.6. The molecule has 18 heavy (non-hydrogen) atoms. The number of nitro groups is 1. The molecule has 0 aliphatic heterocycles. The summed E-state index contributed by atoms with van der Waals surface area (Å²) in [5, 5.41) is 23.5. The fourth-order valence-corrected chi connectivity index (χ4v) is 1.84. The van der Waals surface area contributed by atoms with Gasteiger partial charge in [0.25, 0.3) is 5.69 Å². The predicted octanol–water partition coefficient (Wildman–Crippen LogP) is 2.09. The molecule has 0 aliphatic rings. The van der Waals surface area contributed by atoms with Gasteiger partial charge >= 0.3 is 0 Å². The first-order chi connectivity index (χ1) is 8.50. The van der Waals surface area contributed by atoms with Crippen molar-refractivity contribution in [1.82, 2.24) is 5.32 Å². The molecule has 0 fully saturated rings. The Morgan fingerprint density at radius 1 is 1.39 bits per heavy atom. The minimum atomic E-state index is -0.409. The number of nitro benzene ring substituents is 1. The van der Waals surface area contributed by atoms with E-state index in [1.54, 1.807) is 18.2 Å². The highest BCUT2D eigenvalue weighted by Gasteiger charge is 2.12. The molecule has 0 amide bonds. The lowest BCUT2D eigenvalue weighted by Gasteiger charge is -2.13. The van der Waals surface area contributed by atoms with E-state index in [2.05, 4.69) is 5.32 Å². The minimum absolute atomic E-state index is 0.114. The summed E-state index contributed by atoms with van der Waals surface area (Å²) in [5.41, 5.74) is 0.752. The third kappa shape index (κ3) is 4.81. The number of aliphatic hydroxyl groups is 1. The van der Waals surface area contributed by atoms with E-state index in [4.69, 9.17) is 0 Å². The molecule has 0 saturated carbocycles. The number of nitrogens with one attached hydrogen (secondary N) is 1. The number of benzene rings is 1. The molecule has 1 unspecified atom stereocenters. The van der Waals surface area contributed by atoms with Crippen LogP contribution in [0.2, 0.25) is 0 Å². The van der Waals surface area contributed by atoms with Gasteiger partial charge in [-0.3, -0.25) is 10.1 Å². The summed E-state index contributed by atoms with van der Waals surface area (Å²) >= 11 is 0. The lowest BCUT2D eigenvalue weighted by molar-refractivity contribution is -0.385. The maximum absolute atomic E-state index is 10.8. The highest BCUT2D eigenvalue weighted by Crippen LogP contribution is 2.17. The standard InChI is InChI=1S/C13H20N2O3/c1-10(2)7-12(16)9-14-8-11-5-3-4-6-13(11)15(17)18/h3-6,10,12,14,16H,7-9H2,1-2H3. The van der Waals surface area contributed by atoms with Crippen molar-refractivity contribution >= 4 is 5.69 Å². The smallest absolute Gasteiger partial charge is 0.273 e. The van der Waals surface area contributed by atoms with Crippen LogP contribution in [0.15, 0.2) is 24.3 Å². The highest BCUT2D eigenvalue weighted by molar-refractivity contribution is 5.39. The molecule has 1 aromatic rings. The van der Waals surface area contributed by atoms with Crippen molar-refractivity contribution in [3.8, 4) is 0 Å². The Balaban J connectivity index is 2.46. The van der Waals surface area contributed by atoms with Gasteiger partial charge in [0.2, 0.25) is 0 Å². The highest BCUT2D eigenvalue weighted by atomic mass is 16.6. The van der Waals surface area contributed by atoms with Gasteiger partial charge < -0.3 is 10.4 Å². The molecule has 5 heteroatoms. The second-order valence-electron chi connectivity index (χ2n) is 4.80. The Bertz CT molecular complexity index is 394. The molecule has 2 N–H and O–H groups in total. The predicted molar refractivity (Wildman–Crippen MR) is 70.3 cm³/mol. The Hall–Kier alpha value is -1.46. The summed E-state index contributed by atoms with van der Waals surface area (Å²) in [6.07, 6.45) is 0.317. The molecule has 0 heterocycles. The van der Waals surface area contributed by atoms with Crippen LogP contribution in [-0.4, -0.2) is 22.7 Å². The molecular formula is C13H20N2O3. The topological polar surface area (TPSA) is 75.4 Å². The monoisotopic (exact) mass is 252 g/mol. The van der Waals surface area contributed by atoms with Gasteiger partial charge in [-0.25, -0.2) is 0 Å². The van der Waals surface area contributed by atoms with Gasteiger partial charge in [-0.1, -0.05) is 32.0 Å². The van der Waals surface area contributed by atoms with Crippen molar-refractivity contribution in [1.29, 1.82) is 0 Å². The quantitative estimate of drug-likeness (QED) is 0.575. The van der Waals surface area contributed by atoms with Crippen molar-refractivity contribution in [2.24, 2.45) is 5.92 Å². The maximum atomic E-state index is 10.8. The van der Waals surface area contributed by atoms with Crippen LogP contribution >= 0.6 is 0 Å². The molecular weight excluding hydrogens is 232 g/mol. The summed E-state index contributed by atoms with van der Waals surface area (Å²) < 4.78 is 0. The van der Waals surface area contributed by atoms with Crippen molar-refractivity contribution in [3.63, 3.8) is 0 Å². The molecule has 5 nitrogen and oxygen atoms in total. The average Bonchev–Trinajstić information content (AvgIpc) is 2.28. The second kappa shape index (κ2) is 7.08. The summed E-state index contributed by atoms with van der Waals surface area (Å²) in [6.45, 7) is 4.94. The third-order valence-electron chi connectivity index (χ3n) is 2.63. The number of para-hydroxylation sites is 1. The fourth-order valence-electron chi connectivity index (χ4n) is 1.84. The zero-order valence-corrected chi connectivity index (χ0v) is 10.8. The Morgan fingerprint density at radius 3 is 2.67 bits per heavy atom. The van der Waals surface area contributed by atoms with Crippen LogP contribution in [0.3, 0.4) is 0 Å². The molecule has 100 valence electrons. The average molecular weight is 252 g/mol. The van der Waals surface area contributed by atoms with E-state index in [0.29, 0.717) is 24.6 Å². The first-order valence-electron chi connectivity index (χ1n) is 6.11. The van der Waals surface area contributed by atoms with E-state index in [0.717, 1.165) is 6.42 Å². The Kier molecular flexibility index (Phi) is 5.74. The zero-order chi connectivity index (χ0) is 13.5.